The predicted molar refractivity (Wildman–Crippen MR) is 171 cm³/mol. The number of anilines is 4. The van der Waals surface area contributed by atoms with Crippen LogP contribution in [0.2, 0.25) is 0 Å². The highest BCUT2D eigenvalue weighted by molar-refractivity contribution is 5.98. The van der Waals surface area contributed by atoms with E-state index in [4.69, 9.17) is 0 Å². The van der Waals surface area contributed by atoms with Gasteiger partial charge < -0.3 is 15.7 Å². The predicted octanol–water partition coefficient (Wildman–Crippen LogP) is 6.31. The van der Waals surface area contributed by atoms with Gasteiger partial charge in [0.25, 0.3) is 0 Å². The Bertz CT molecular complexity index is 1970. The molecule has 220 valence electrons. The van der Waals surface area contributed by atoms with Gasteiger partial charge in [0.15, 0.2) is 0 Å². The molecule has 0 atom stereocenters. The van der Waals surface area contributed by atoms with Crippen molar-refractivity contribution in [2.24, 2.45) is 7.05 Å². The zero-order valence-corrected chi connectivity index (χ0v) is 24.2. The minimum absolute atomic E-state index is 0.118. The Morgan fingerprint density at radius 3 is 2.31 bits per heavy atom. The highest BCUT2D eigenvalue weighted by Gasteiger charge is 2.20. The number of amides is 2. The number of nitrogens with one attached hydrogen (secondary N) is 2. The number of aromatic hydroxyl groups is 1. The topological polar surface area (TPSA) is 145 Å². The molecule has 3 aromatic carbocycles. The summed E-state index contributed by atoms with van der Waals surface area (Å²) in [6, 6.07) is 28.8. The van der Waals surface area contributed by atoms with Crippen molar-refractivity contribution >= 4 is 29.2 Å². The number of carbonyl (C=O) groups is 1. The van der Waals surface area contributed by atoms with E-state index in [0.717, 1.165) is 16.7 Å². The van der Waals surface area contributed by atoms with Crippen LogP contribution in [0, 0.1) is 11.3 Å². The van der Waals surface area contributed by atoms with Crippen LogP contribution >= 0.6 is 0 Å². The van der Waals surface area contributed by atoms with E-state index in [2.05, 4.69) is 36.8 Å². The molecule has 3 heterocycles. The first-order valence-electron chi connectivity index (χ1n) is 14.0. The van der Waals surface area contributed by atoms with Gasteiger partial charge >= 0.3 is 6.03 Å². The number of hydrogen-bond donors (Lipinski definition) is 3. The van der Waals surface area contributed by atoms with Crippen molar-refractivity contribution in [2.45, 2.75) is 6.54 Å². The maximum absolute atomic E-state index is 13.6. The number of phenolic OH excluding ortho intramolecular Hbond substituents is 1. The molecule has 6 rings (SSSR count). The summed E-state index contributed by atoms with van der Waals surface area (Å²) in [7, 11) is 1.85. The lowest BCUT2D eigenvalue weighted by molar-refractivity contribution is 0.248. The first-order valence-corrected chi connectivity index (χ1v) is 14.0. The summed E-state index contributed by atoms with van der Waals surface area (Å²) >= 11 is 0. The normalized spacial score (nSPS) is 10.6. The largest absolute Gasteiger partial charge is 0.508 e. The fraction of sp³-hybridized carbons (Fsp3) is 0.0588. The number of carbonyl (C=O) groups excluding carboxylic acids is 1. The van der Waals surface area contributed by atoms with Gasteiger partial charge in [0.1, 0.15) is 17.6 Å². The molecule has 0 radical (unpaired) electrons. The van der Waals surface area contributed by atoms with Crippen molar-refractivity contribution in [2.75, 3.05) is 10.2 Å². The van der Waals surface area contributed by atoms with Crippen molar-refractivity contribution in [1.82, 2.24) is 30.0 Å². The van der Waals surface area contributed by atoms with Crippen molar-refractivity contribution in [3.8, 4) is 34.2 Å². The Kier molecular flexibility index (Phi) is 8.10. The lowest BCUT2D eigenvalue weighted by atomic mass is 10.1. The zero-order chi connectivity index (χ0) is 31.2. The Balaban J connectivity index is 1.26. The van der Waals surface area contributed by atoms with Crippen molar-refractivity contribution in [3.05, 3.63) is 127 Å². The number of pyridine rings is 1. The molecule has 0 aliphatic rings. The van der Waals surface area contributed by atoms with Gasteiger partial charge in [-0.2, -0.15) is 10.4 Å². The molecular weight excluding hydrogens is 566 g/mol. The summed E-state index contributed by atoms with van der Waals surface area (Å²) in [6.45, 7) is 0.350. The SMILES string of the molecule is Cn1cc(-c2ccc(N(C(=O)NCc3ccccc3)c3ccc(Nc4ncc(C#N)c(-c5ccc(O)cc5)n4)cc3)nc2)cn1. The second-order valence-corrected chi connectivity index (χ2v) is 10.1. The average molecular weight is 594 g/mol. The minimum Gasteiger partial charge on any atom is -0.508 e. The number of nitrogens with zero attached hydrogens (tertiary/aromatic N) is 7. The standard InChI is InChI=1S/C34H27N9O2/c1-42-22-27(21-39-42)25-9-16-31(36-19-25)43(34(45)38-18-23-5-3-2-4-6-23)29-12-10-28(11-13-29)40-33-37-20-26(17-35)32(41-33)24-7-14-30(44)15-8-24/h2-16,19-22,44H,18H2,1H3,(H,38,45)(H,37,40,41). The molecule has 0 aliphatic heterocycles. The Morgan fingerprint density at radius 2 is 1.64 bits per heavy atom. The van der Waals surface area contributed by atoms with Crippen LogP contribution in [0.5, 0.6) is 5.75 Å². The van der Waals surface area contributed by atoms with Crippen LogP contribution in [0.3, 0.4) is 0 Å². The third-order valence-corrected chi connectivity index (χ3v) is 6.94. The molecule has 11 heteroatoms. The fourth-order valence-corrected chi connectivity index (χ4v) is 4.65. The highest BCUT2D eigenvalue weighted by atomic mass is 16.3. The second kappa shape index (κ2) is 12.8. The van der Waals surface area contributed by atoms with Crippen LogP contribution < -0.4 is 15.5 Å². The number of aromatic nitrogens is 5. The molecule has 0 aliphatic carbocycles. The molecule has 0 fully saturated rings. The van der Waals surface area contributed by atoms with E-state index in [1.54, 1.807) is 59.5 Å². The van der Waals surface area contributed by atoms with E-state index < -0.39 is 0 Å². The van der Waals surface area contributed by atoms with Gasteiger partial charge in [-0.15, -0.1) is 0 Å². The second-order valence-electron chi connectivity index (χ2n) is 10.1. The van der Waals surface area contributed by atoms with Gasteiger partial charge in [-0.3, -0.25) is 4.68 Å². The first-order chi connectivity index (χ1) is 22.0. The molecule has 11 nitrogen and oxygen atoms in total. The molecule has 0 bridgehead atoms. The summed E-state index contributed by atoms with van der Waals surface area (Å²) in [5.74, 6) is 0.852. The van der Waals surface area contributed by atoms with Crippen LogP contribution in [0.1, 0.15) is 11.1 Å². The van der Waals surface area contributed by atoms with Crippen LogP contribution in [0.25, 0.3) is 22.4 Å². The van der Waals surface area contributed by atoms with Crippen LogP contribution in [-0.2, 0) is 13.6 Å². The number of aryl methyl sites for hydroxylation is 1. The number of benzene rings is 3. The smallest absolute Gasteiger partial charge is 0.327 e. The van der Waals surface area contributed by atoms with E-state index in [1.807, 2.05) is 49.6 Å². The third kappa shape index (κ3) is 6.60. The van der Waals surface area contributed by atoms with Crippen molar-refractivity contribution in [3.63, 3.8) is 0 Å². The van der Waals surface area contributed by atoms with Crippen molar-refractivity contribution < 1.29 is 9.90 Å². The minimum atomic E-state index is -0.338. The monoisotopic (exact) mass is 593 g/mol. The number of hydrogen-bond acceptors (Lipinski definition) is 8. The van der Waals surface area contributed by atoms with E-state index in [1.165, 1.54) is 23.2 Å². The summed E-state index contributed by atoms with van der Waals surface area (Å²) in [5.41, 5.74) is 5.46. The van der Waals surface area contributed by atoms with E-state index >= 15 is 0 Å². The van der Waals surface area contributed by atoms with Gasteiger partial charge in [0.05, 0.1) is 29.3 Å². The lowest BCUT2D eigenvalue weighted by Gasteiger charge is -2.23. The average Bonchev–Trinajstić information content (AvgIpc) is 3.52. The molecule has 0 unspecified atom stereocenters. The summed E-state index contributed by atoms with van der Waals surface area (Å²) in [4.78, 5) is 28.6. The van der Waals surface area contributed by atoms with Gasteiger partial charge in [-0.1, -0.05) is 30.3 Å². The van der Waals surface area contributed by atoms with Crippen molar-refractivity contribution in [1.29, 1.82) is 5.26 Å². The van der Waals surface area contributed by atoms with E-state index in [-0.39, 0.29) is 17.7 Å². The molecule has 6 aromatic rings. The van der Waals surface area contributed by atoms with Gasteiger partial charge in [0, 0.05) is 48.4 Å². The van der Waals surface area contributed by atoms with E-state index in [9.17, 15) is 15.2 Å². The summed E-state index contributed by atoms with van der Waals surface area (Å²) in [6.07, 6.45) is 6.83. The molecule has 45 heavy (non-hydrogen) atoms. The Morgan fingerprint density at radius 1 is 0.889 bits per heavy atom. The summed E-state index contributed by atoms with van der Waals surface area (Å²) in [5, 5.41) is 29.6. The van der Waals surface area contributed by atoms with Crippen LogP contribution in [0.15, 0.2) is 116 Å². The maximum Gasteiger partial charge on any atom is 0.327 e. The lowest BCUT2D eigenvalue weighted by Crippen LogP contribution is -2.37. The maximum atomic E-state index is 13.6. The number of rotatable bonds is 8. The fourth-order valence-electron chi connectivity index (χ4n) is 4.65. The zero-order valence-electron chi connectivity index (χ0n) is 24.2. The van der Waals surface area contributed by atoms with Crippen LogP contribution in [0.4, 0.5) is 27.9 Å². The Labute approximate surface area is 259 Å². The molecule has 0 spiro atoms. The van der Waals surface area contributed by atoms with Gasteiger partial charge in [0.2, 0.25) is 5.95 Å². The summed E-state index contributed by atoms with van der Waals surface area (Å²) < 4.78 is 1.72. The molecule has 0 saturated carbocycles. The number of urea groups is 1. The molecular formula is C34H27N9O2. The highest BCUT2D eigenvalue weighted by Crippen LogP contribution is 2.29. The number of phenols is 1. The molecule has 3 aromatic heterocycles. The molecule has 3 N–H and O–H groups in total. The Hall–Kier alpha value is -6.54. The molecule has 0 saturated heterocycles. The number of nitriles is 1. The van der Waals surface area contributed by atoms with Gasteiger partial charge in [-0.25, -0.2) is 24.6 Å². The van der Waals surface area contributed by atoms with Crippen LogP contribution in [-0.4, -0.2) is 35.9 Å². The molecule has 2 amide bonds. The van der Waals surface area contributed by atoms with E-state index in [0.29, 0.717) is 40.6 Å². The first kappa shape index (κ1) is 28.6. The third-order valence-electron chi connectivity index (χ3n) is 6.94. The quantitative estimate of drug-likeness (QED) is 0.186. The van der Waals surface area contributed by atoms with Gasteiger partial charge in [-0.05, 0) is 66.2 Å².